The summed E-state index contributed by atoms with van der Waals surface area (Å²) in [5, 5.41) is 7.17. The van der Waals surface area contributed by atoms with Gasteiger partial charge in [-0.1, -0.05) is 12.1 Å². The average molecular weight is 340 g/mol. The third kappa shape index (κ3) is 3.41. The van der Waals surface area contributed by atoms with Crippen LogP contribution >= 0.6 is 0 Å². The number of aromatic amines is 1. The zero-order chi connectivity index (χ0) is 17.8. The summed E-state index contributed by atoms with van der Waals surface area (Å²) in [5.41, 5.74) is 8.00. The molecular formula is C18H20N4O3. The number of nitrogens with two attached hydrogens (primary N) is 1. The zero-order valence-electron chi connectivity index (χ0n) is 14.3. The largest absolute Gasteiger partial charge is 0.497 e. The van der Waals surface area contributed by atoms with Gasteiger partial charge in [-0.25, -0.2) is 4.98 Å². The molecule has 3 rings (SSSR count). The predicted octanol–water partition coefficient (Wildman–Crippen LogP) is 2.55. The molecule has 1 atom stereocenters. The molecule has 0 bridgehead atoms. The molecule has 0 spiro atoms. The Hall–Kier alpha value is -3.06. The van der Waals surface area contributed by atoms with Crippen molar-refractivity contribution in [1.82, 2.24) is 15.2 Å². The normalized spacial score (nSPS) is 11.8. The van der Waals surface area contributed by atoms with Gasteiger partial charge in [0, 0.05) is 5.56 Å². The lowest BCUT2D eigenvalue weighted by Gasteiger charge is -2.09. The molecule has 0 fully saturated rings. The maximum Gasteiger partial charge on any atom is 0.181 e. The number of methoxy groups -OCH3 is 3. The first-order valence-corrected chi connectivity index (χ1v) is 7.70. The van der Waals surface area contributed by atoms with Crippen LogP contribution < -0.4 is 19.9 Å². The molecule has 1 unspecified atom stereocenters. The van der Waals surface area contributed by atoms with E-state index in [0.29, 0.717) is 23.1 Å². The van der Waals surface area contributed by atoms with Crippen LogP contribution in [-0.4, -0.2) is 36.5 Å². The van der Waals surface area contributed by atoms with Gasteiger partial charge in [0.05, 0.1) is 27.4 Å². The molecular weight excluding hydrogens is 320 g/mol. The highest BCUT2D eigenvalue weighted by Crippen LogP contribution is 2.31. The van der Waals surface area contributed by atoms with Crippen molar-refractivity contribution in [2.24, 2.45) is 5.73 Å². The van der Waals surface area contributed by atoms with Gasteiger partial charge in [-0.2, -0.15) is 5.10 Å². The van der Waals surface area contributed by atoms with Crippen molar-refractivity contribution in [3.05, 3.63) is 53.9 Å². The quantitative estimate of drug-likeness (QED) is 0.716. The molecule has 0 aliphatic rings. The summed E-state index contributed by atoms with van der Waals surface area (Å²) in [6.07, 6.45) is 0. The van der Waals surface area contributed by atoms with E-state index in [1.807, 2.05) is 42.5 Å². The number of nitrogens with zero attached hydrogens (tertiary/aromatic N) is 2. The van der Waals surface area contributed by atoms with Crippen LogP contribution in [0.25, 0.3) is 11.4 Å². The SMILES string of the molecule is COc1ccc(C(N)c2nc(-c3ccc(OC)c(OC)c3)n[nH]2)cc1. The lowest BCUT2D eigenvalue weighted by atomic mass is 10.1. The summed E-state index contributed by atoms with van der Waals surface area (Å²) in [4.78, 5) is 4.51. The lowest BCUT2D eigenvalue weighted by Crippen LogP contribution is -2.13. The van der Waals surface area contributed by atoms with Gasteiger partial charge in [-0.15, -0.1) is 0 Å². The molecule has 0 aliphatic carbocycles. The number of hydrogen-bond acceptors (Lipinski definition) is 6. The highest BCUT2D eigenvalue weighted by Gasteiger charge is 2.16. The molecule has 0 amide bonds. The predicted molar refractivity (Wildman–Crippen MR) is 93.9 cm³/mol. The van der Waals surface area contributed by atoms with Crippen molar-refractivity contribution in [1.29, 1.82) is 0 Å². The number of hydrogen-bond donors (Lipinski definition) is 2. The fraction of sp³-hybridized carbons (Fsp3) is 0.222. The van der Waals surface area contributed by atoms with E-state index >= 15 is 0 Å². The van der Waals surface area contributed by atoms with Crippen LogP contribution in [0.1, 0.15) is 17.4 Å². The first-order chi connectivity index (χ1) is 12.2. The van der Waals surface area contributed by atoms with Crippen LogP contribution in [-0.2, 0) is 0 Å². The van der Waals surface area contributed by atoms with Gasteiger partial charge in [0.1, 0.15) is 11.6 Å². The fourth-order valence-electron chi connectivity index (χ4n) is 2.49. The third-order valence-corrected chi connectivity index (χ3v) is 3.91. The van der Waals surface area contributed by atoms with Crippen LogP contribution in [0.5, 0.6) is 17.2 Å². The van der Waals surface area contributed by atoms with Crippen molar-refractivity contribution in [3.63, 3.8) is 0 Å². The Morgan fingerprint density at radius 1 is 0.920 bits per heavy atom. The summed E-state index contributed by atoms with van der Waals surface area (Å²) in [6, 6.07) is 12.6. The van der Waals surface area contributed by atoms with E-state index in [1.54, 1.807) is 21.3 Å². The summed E-state index contributed by atoms with van der Waals surface area (Å²) >= 11 is 0. The smallest absolute Gasteiger partial charge is 0.181 e. The number of benzene rings is 2. The standard InChI is InChI=1S/C18H20N4O3/c1-23-13-7-4-11(5-8-13)16(19)18-20-17(21-22-18)12-6-9-14(24-2)15(10-12)25-3/h4-10,16H,19H2,1-3H3,(H,20,21,22). The lowest BCUT2D eigenvalue weighted by molar-refractivity contribution is 0.355. The molecule has 2 aromatic carbocycles. The fourth-order valence-corrected chi connectivity index (χ4v) is 2.49. The van der Waals surface area contributed by atoms with Crippen molar-refractivity contribution in [3.8, 4) is 28.6 Å². The molecule has 0 aliphatic heterocycles. The molecule has 1 heterocycles. The summed E-state index contributed by atoms with van der Waals surface area (Å²) < 4.78 is 15.7. The average Bonchev–Trinajstić information content (AvgIpc) is 3.17. The summed E-state index contributed by atoms with van der Waals surface area (Å²) in [7, 11) is 4.81. The van der Waals surface area contributed by atoms with Crippen molar-refractivity contribution < 1.29 is 14.2 Å². The molecule has 0 saturated carbocycles. The number of nitrogens with one attached hydrogen (secondary N) is 1. The Labute approximate surface area is 145 Å². The Bertz CT molecular complexity index is 846. The topological polar surface area (TPSA) is 95.3 Å². The van der Waals surface area contributed by atoms with E-state index in [0.717, 1.165) is 16.9 Å². The van der Waals surface area contributed by atoms with Crippen LogP contribution in [0.2, 0.25) is 0 Å². The first-order valence-electron chi connectivity index (χ1n) is 7.70. The molecule has 130 valence electrons. The monoisotopic (exact) mass is 340 g/mol. The highest BCUT2D eigenvalue weighted by molar-refractivity contribution is 5.61. The van der Waals surface area contributed by atoms with Crippen LogP contribution in [0.15, 0.2) is 42.5 Å². The van der Waals surface area contributed by atoms with Gasteiger partial charge < -0.3 is 19.9 Å². The van der Waals surface area contributed by atoms with E-state index in [1.165, 1.54) is 0 Å². The summed E-state index contributed by atoms with van der Waals surface area (Å²) in [5.74, 6) is 3.16. The van der Waals surface area contributed by atoms with E-state index < -0.39 is 6.04 Å². The second-order valence-corrected chi connectivity index (χ2v) is 5.36. The van der Waals surface area contributed by atoms with Gasteiger partial charge in [0.15, 0.2) is 17.3 Å². The molecule has 0 radical (unpaired) electrons. The molecule has 7 nitrogen and oxygen atoms in total. The second-order valence-electron chi connectivity index (χ2n) is 5.36. The minimum Gasteiger partial charge on any atom is -0.497 e. The number of aromatic nitrogens is 3. The third-order valence-electron chi connectivity index (χ3n) is 3.91. The van der Waals surface area contributed by atoms with Crippen molar-refractivity contribution >= 4 is 0 Å². The Morgan fingerprint density at radius 2 is 1.64 bits per heavy atom. The van der Waals surface area contributed by atoms with Crippen LogP contribution in [0.3, 0.4) is 0 Å². The Balaban J connectivity index is 1.86. The number of ether oxygens (including phenoxy) is 3. The maximum absolute atomic E-state index is 6.28. The van der Waals surface area contributed by atoms with Gasteiger partial charge in [0.25, 0.3) is 0 Å². The van der Waals surface area contributed by atoms with Gasteiger partial charge in [-0.05, 0) is 35.9 Å². The van der Waals surface area contributed by atoms with Crippen molar-refractivity contribution in [2.75, 3.05) is 21.3 Å². The summed E-state index contributed by atoms with van der Waals surface area (Å²) in [6.45, 7) is 0. The minimum atomic E-state index is -0.410. The number of H-pyrrole nitrogens is 1. The second kappa shape index (κ2) is 7.23. The Kier molecular flexibility index (Phi) is 4.85. The molecule has 1 aromatic heterocycles. The van der Waals surface area contributed by atoms with Crippen molar-refractivity contribution in [2.45, 2.75) is 6.04 Å². The van der Waals surface area contributed by atoms with Gasteiger partial charge in [-0.3, -0.25) is 5.10 Å². The minimum absolute atomic E-state index is 0.410. The zero-order valence-corrected chi connectivity index (χ0v) is 14.3. The highest BCUT2D eigenvalue weighted by atomic mass is 16.5. The Morgan fingerprint density at radius 3 is 2.28 bits per heavy atom. The van der Waals surface area contributed by atoms with Crippen LogP contribution in [0.4, 0.5) is 0 Å². The van der Waals surface area contributed by atoms with E-state index in [4.69, 9.17) is 19.9 Å². The maximum atomic E-state index is 6.28. The van der Waals surface area contributed by atoms with Crippen LogP contribution in [0, 0.1) is 0 Å². The molecule has 3 N–H and O–H groups in total. The van der Waals surface area contributed by atoms with Gasteiger partial charge in [0.2, 0.25) is 0 Å². The van der Waals surface area contributed by atoms with E-state index in [2.05, 4.69) is 15.2 Å². The first kappa shape index (κ1) is 16.8. The molecule has 25 heavy (non-hydrogen) atoms. The molecule has 7 heteroatoms. The van der Waals surface area contributed by atoms with E-state index in [9.17, 15) is 0 Å². The van der Waals surface area contributed by atoms with E-state index in [-0.39, 0.29) is 0 Å². The number of rotatable bonds is 6. The molecule has 3 aromatic rings. The molecule has 0 saturated heterocycles. The van der Waals surface area contributed by atoms with Gasteiger partial charge >= 0.3 is 0 Å².